The van der Waals surface area contributed by atoms with Crippen LogP contribution in [0.1, 0.15) is 22.7 Å². The zero-order chi connectivity index (χ0) is 16.4. The average molecular weight is 313 g/mol. The van der Waals surface area contributed by atoms with E-state index in [1.807, 2.05) is 12.1 Å². The molecule has 2 aromatic carbocycles. The summed E-state index contributed by atoms with van der Waals surface area (Å²) in [5.74, 6) is 2.45. The van der Waals surface area contributed by atoms with E-state index in [4.69, 9.17) is 14.2 Å². The van der Waals surface area contributed by atoms with Crippen LogP contribution in [0.15, 0.2) is 36.4 Å². The Morgan fingerprint density at radius 1 is 0.913 bits per heavy atom. The van der Waals surface area contributed by atoms with Gasteiger partial charge in [0.2, 0.25) is 0 Å². The van der Waals surface area contributed by atoms with Crippen LogP contribution in [0.4, 0.5) is 0 Å². The normalized spacial score (nSPS) is 17.5. The Kier molecular flexibility index (Phi) is 4.44. The van der Waals surface area contributed by atoms with Crippen LogP contribution in [0, 0.1) is 0 Å². The molecular formula is C19H23NO3. The molecule has 0 radical (unpaired) electrons. The van der Waals surface area contributed by atoms with E-state index >= 15 is 0 Å². The van der Waals surface area contributed by atoms with Crippen molar-refractivity contribution in [1.29, 1.82) is 0 Å². The Balaban J connectivity index is 2.07. The monoisotopic (exact) mass is 313 g/mol. The van der Waals surface area contributed by atoms with E-state index in [0.29, 0.717) is 0 Å². The van der Waals surface area contributed by atoms with E-state index in [1.165, 1.54) is 16.7 Å². The first kappa shape index (κ1) is 15.7. The predicted molar refractivity (Wildman–Crippen MR) is 90.7 cm³/mol. The highest BCUT2D eigenvalue weighted by atomic mass is 16.5. The van der Waals surface area contributed by atoms with Crippen molar-refractivity contribution < 1.29 is 14.2 Å². The number of fused-ring (bicyclic) bond motifs is 1. The van der Waals surface area contributed by atoms with E-state index in [0.717, 1.165) is 30.2 Å². The summed E-state index contributed by atoms with van der Waals surface area (Å²) in [6, 6.07) is 12.7. The molecule has 0 fully saturated rings. The second-order valence-electron chi connectivity index (χ2n) is 5.81. The predicted octanol–water partition coefficient (Wildman–Crippen LogP) is 3.29. The molecule has 4 nitrogen and oxygen atoms in total. The molecule has 0 aliphatic carbocycles. The zero-order valence-corrected chi connectivity index (χ0v) is 14.1. The SMILES string of the molecule is COc1ccc([C@H]2c3cc(OC)c(OC)cc3CCN2C)cc1. The summed E-state index contributed by atoms with van der Waals surface area (Å²) in [6.45, 7) is 1.01. The summed E-state index contributed by atoms with van der Waals surface area (Å²) < 4.78 is 16.2. The van der Waals surface area contributed by atoms with Gasteiger partial charge in [-0.25, -0.2) is 0 Å². The average Bonchev–Trinajstić information content (AvgIpc) is 2.60. The lowest BCUT2D eigenvalue weighted by molar-refractivity contribution is 0.262. The van der Waals surface area contributed by atoms with Gasteiger partial charge in [-0.15, -0.1) is 0 Å². The minimum absolute atomic E-state index is 0.212. The minimum Gasteiger partial charge on any atom is -0.497 e. The van der Waals surface area contributed by atoms with Gasteiger partial charge in [0, 0.05) is 6.54 Å². The highest BCUT2D eigenvalue weighted by molar-refractivity contribution is 5.51. The van der Waals surface area contributed by atoms with E-state index in [9.17, 15) is 0 Å². The summed E-state index contributed by atoms with van der Waals surface area (Å²) in [6.07, 6.45) is 1.01. The third kappa shape index (κ3) is 2.86. The Hall–Kier alpha value is -2.20. The van der Waals surface area contributed by atoms with Crippen molar-refractivity contribution in [3.8, 4) is 17.2 Å². The van der Waals surface area contributed by atoms with Gasteiger partial charge in [0.05, 0.1) is 27.4 Å². The molecule has 2 aromatic rings. The lowest BCUT2D eigenvalue weighted by Gasteiger charge is -2.35. The molecule has 1 aliphatic heterocycles. The molecule has 0 saturated heterocycles. The molecule has 4 heteroatoms. The first-order valence-corrected chi connectivity index (χ1v) is 7.77. The first-order valence-electron chi connectivity index (χ1n) is 7.77. The molecule has 1 atom stereocenters. The summed E-state index contributed by atoms with van der Waals surface area (Å²) >= 11 is 0. The molecule has 0 amide bonds. The summed E-state index contributed by atoms with van der Waals surface area (Å²) in [5, 5.41) is 0. The number of nitrogens with zero attached hydrogens (tertiary/aromatic N) is 1. The molecular weight excluding hydrogens is 290 g/mol. The number of hydrogen-bond donors (Lipinski definition) is 0. The van der Waals surface area contributed by atoms with Crippen LogP contribution in [0.25, 0.3) is 0 Å². The fourth-order valence-electron chi connectivity index (χ4n) is 3.29. The third-order valence-corrected chi connectivity index (χ3v) is 4.55. The van der Waals surface area contributed by atoms with Crippen LogP contribution in [0.5, 0.6) is 17.2 Å². The van der Waals surface area contributed by atoms with Crippen molar-refractivity contribution in [3.05, 3.63) is 53.1 Å². The fourth-order valence-corrected chi connectivity index (χ4v) is 3.29. The molecule has 0 spiro atoms. The van der Waals surface area contributed by atoms with Crippen LogP contribution >= 0.6 is 0 Å². The Morgan fingerprint density at radius 3 is 2.17 bits per heavy atom. The molecule has 0 saturated carbocycles. The van der Waals surface area contributed by atoms with Crippen LogP contribution in [0.2, 0.25) is 0 Å². The summed E-state index contributed by atoms with van der Waals surface area (Å²) in [5.41, 5.74) is 3.85. The number of rotatable bonds is 4. The van der Waals surface area contributed by atoms with E-state index in [1.54, 1.807) is 21.3 Å². The Morgan fingerprint density at radius 2 is 1.57 bits per heavy atom. The molecule has 0 bridgehead atoms. The van der Waals surface area contributed by atoms with Crippen molar-refractivity contribution in [1.82, 2.24) is 4.90 Å². The smallest absolute Gasteiger partial charge is 0.161 e. The Bertz CT molecular complexity index is 682. The van der Waals surface area contributed by atoms with E-state index in [2.05, 4.69) is 36.2 Å². The second kappa shape index (κ2) is 6.50. The van der Waals surface area contributed by atoms with Crippen molar-refractivity contribution in [2.24, 2.45) is 0 Å². The highest BCUT2D eigenvalue weighted by Gasteiger charge is 2.28. The fraction of sp³-hybridized carbons (Fsp3) is 0.368. The van der Waals surface area contributed by atoms with Gasteiger partial charge in [-0.2, -0.15) is 0 Å². The maximum Gasteiger partial charge on any atom is 0.161 e. The van der Waals surface area contributed by atoms with Gasteiger partial charge >= 0.3 is 0 Å². The number of ether oxygens (including phenoxy) is 3. The van der Waals surface area contributed by atoms with Crippen LogP contribution in [-0.2, 0) is 6.42 Å². The third-order valence-electron chi connectivity index (χ3n) is 4.55. The molecule has 1 heterocycles. The van der Waals surface area contributed by atoms with Crippen molar-refractivity contribution in [2.75, 3.05) is 34.9 Å². The highest BCUT2D eigenvalue weighted by Crippen LogP contribution is 2.40. The van der Waals surface area contributed by atoms with E-state index in [-0.39, 0.29) is 6.04 Å². The number of methoxy groups -OCH3 is 3. The second-order valence-corrected chi connectivity index (χ2v) is 5.81. The molecule has 3 rings (SSSR count). The summed E-state index contributed by atoms with van der Waals surface area (Å²) in [7, 11) is 7.21. The summed E-state index contributed by atoms with van der Waals surface area (Å²) in [4.78, 5) is 2.37. The first-order chi connectivity index (χ1) is 11.2. The molecule has 23 heavy (non-hydrogen) atoms. The maximum absolute atomic E-state index is 5.49. The van der Waals surface area contributed by atoms with Gasteiger partial charge in [0.15, 0.2) is 11.5 Å². The minimum atomic E-state index is 0.212. The van der Waals surface area contributed by atoms with Gasteiger partial charge in [-0.3, -0.25) is 4.90 Å². The van der Waals surface area contributed by atoms with Crippen molar-refractivity contribution >= 4 is 0 Å². The number of hydrogen-bond acceptors (Lipinski definition) is 4. The van der Waals surface area contributed by atoms with Crippen LogP contribution in [0.3, 0.4) is 0 Å². The Labute approximate surface area is 137 Å². The number of likely N-dealkylation sites (N-methyl/N-ethyl adjacent to an activating group) is 1. The van der Waals surface area contributed by atoms with E-state index < -0.39 is 0 Å². The van der Waals surface area contributed by atoms with Crippen LogP contribution in [-0.4, -0.2) is 39.8 Å². The molecule has 0 N–H and O–H groups in total. The topological polar surface area (TPSA) is 30.9 Å². The van der Waals surface area contributed by atoms with Gasteiger partial charge in [0.25, 0.3) is 0 Å². The lowest BCUT2D eigenvalue weighted by Crippen LogP contribution is -2.32. The molecule has 1 aliphatic rings. The molecule has 0 unspecified atom stereocenters. The van der Waals surface area contributed by atoms with Crippen LogP contribution < -0.4 is 14.2 Å². The van der Waals surface area contributed by atoms with Gasteiger partial charge in [-0.1, -0.05) is 12.1 Å². The maximum atomic E-state index is 5.49. The number of benzene rings is 2. The van der Waals surface area contributed by atoms with Gasteiger partial charge in [-0.05, 0) is 54.4 Å². The lowest BCUT2D eigenvalue weighted by atomic mass is 9.88. The standard InChI is InChI=1S/C19H23NO3/c1-20-10-9-14-11-17(22-3)18(23-4)12-16(14)19(20)13-5-7-15(21-2)8-6-13/h5-8,11-12,19H,9-10H2,1-4H3/t19-/m0/s1. The largest absolute Gasteiger partial charge is 0.497 e. The zero-order valence-electron chi connectivity index (χ0n) is 14.1. The molecule has 122 valence electrons. The molecule has 0 aromatic heterocycles. The van der Waals surface area contributed by atoms with Crippen molar-refractivity contribution in [2.45, 2.75) is 12.5 Å². The van der Waals surface area contributed by atoms with Crippen molar-refractivity contribution in [3.63, 3.8) is 0 Å². The van der Waals surface area contributed by atoms with Gasteiger partial charge in [0.1, 0.15) is 5.75 Å². The van der Waals surface area contributed by atoms with Gasteiger partial charge < -0.3 is 14.2 Å². The quantitative estimate of drug-likeness (QED) is 0.867.